The highest BCUT2D eigenvalue weighted by Gasteiger charge is 2.25. The summed E-state index contributed by atoms with van der Waals surface area (Å²) in [6.07, 6.45) is 1.84. The van der Waals surface area contributed by atoms with E-state index in [4.69, 9.17) is 0 Å². The van der Waals surface area contributed by atoms with Crippen LogP contribution in [0.5, 0.6) is 0 Å². The van der Waals surface area contributed by atoms with Crippen molar-refractivity contribution in [1.82, 2.24) is 0 Å². The topological polar surface area (TPSA) is 46.2 Å². The standard InChI is InChI=1S/C23H15Br2NO2/c1-13-19(24)10-14(11-20(13)25)9-18-17-12-16(7-8-21(17)26-23(18)28)22(27)15-5-3-2-4-6-15/h2-12H,1H3,(H,26,28)/b18-9-. The molecule has 0 fully saturated rings. The average molecular weight is 497 g/mol. The van der Waals surface area contributed by atoms with Crippen molar-refractivity contribution in [2.24, 2.45) is 0 Å². The van der Waals surface area contributed by atoms with Crippen LogP contribution < -0.4 is 5.32 Å². The second-order valence-electron chi connectivity index (χ2n) is 6.58. The lowest BCUT2D eigenvalue weighted by Crippen LogP contribution is -2.03. The number of hydrogen-bond donors (Lipinski definition) is 1. The molecule has 1 N–H and O–H groups in total. The number of ketones is 1. The van der Waals surface area contributed by atoms with E-state index in [1.165, 1.54) is 0 Å². The molecule has 1 amide bonds. The Kier molecular flexibility index (Phi) is 5.04. The number of halogens is 2. The van der Waals surface area contributed by atoms with Gasteiger partial charge in [0.05, 0.1) is 0 Å². The SMILES string of the molecule is Cc1c(Br)cc(/C=C2\C(=O)Nc3ccc(C(=O)c4ccccc4)cc32)cc1Br. The quantitative estimate of drug-likeness (QED) is 0.344. The summed E-state index contributed by atoms with van der Waals surface area (Å²) in [5, 5.41) is 2.87. The smallest absolute Gasteiger partial charge is 0.256 e. The highest BCUT2D eigenvalue weighted by Crippen LogP contribution is 2.35. The first-order valence-corrected chi connectivity index (χ1v) is 10.3. The number of rotatable bonds is 3. The summed E-state index contributed by atoms with van der Waals surface area (Å²) in [4.78, 5) is 25.3. The van der Waals surface area contributed by atoms with Gasteiger partial charge in [0, 0.05) is 36.9 Å². The Bertz CT molecular complexity index is 1130. The van der Waals surface area contributed by atoms with Crippen LogP contribution in [-0.2, 0) is 4.79 Å². The monoisotopic (exact) mass is 495 g/mol. The van der Waals surface area contributed by atoms with Gasteiger partial charge in [0.1, 0.15) is 0 Å². The molecule has 0 atom stereocenters. The molecule has 138 valence electrons. The zero-order valence-electron chi connectivity index (χ0n) is 14.9. The van der Waals surface area contributed by atoms with Gasteiger partial charge in [-0.1, -0.05) is 62.2 Å². The number of fused-ring (bicyclic) bond motifs is 1. The van der Waals surface area contributed by atoms with Crippen molar-refractivity contribution in [3.05, 3.63) is 97.4 Å². The fourth-order valence-electron chi connectivity index (χ4n) is 3.14. The lowest BCUT2D eigenvalue weighted by Gasteiger charge is -2.06. The number of nitrogens with one attached hydrogen (secondary N) is 1. The van der Waals surface area contributed by atoms with Gasteiger partial charge in [-0.25, -0.2) is 0 Å². The maximum absolute atomic E-state index is 12.8. The van der Waals surface area contributed by atoms with Crippen LogP contribution in [0.4, 0.5) is 5.69 Å². The van der Waals surface area contributed by atoms with Crippen LogP contribution in [0, 0.1) is 6.92 Å². The summed E-state index contributed by atoms with van der Waals surface area (Å²) in [6.45, 7) is 2.00. The average Bonchev–Trinajstić information content (AvgIpc) is 3.00. The molecule has 1 aliphatic rings. The lowest BCUT2D eigenvalue weighted by molar-refractivity contribution is -0.110. The predicted octanol–water partition coefficient (Wildman–Crippen LogP) is 6.24. The van der Waals surface area contributed by atoms with Crippen LogP contribution in [0.1, 0.15) is 32.6 Å². The molecule has 4 rings (SSSR count). The minimum atomic E-state index is -0.174. The molecule has 1 heterocycles. The zero-order chi connectivity index (χ0) is 19.8. The van der Waals surface area contributed by atoms with E-state index in [1.54, 1.807) is 30.3 Å². The number of hydrogen-bond acceptors (Lipinski definition) is 2. The van der Waals surface area contributed by atoms with E-state index in [-0.39, 0.29) is 11.7 Å². The Labute approximate surface area is 179 Å². The van der Waals surface area contributed by atoms with Gasteiger partial charge in [-0.15, -0.1) is 0 Å². The summed E-state index contributed by atoms with van der Waals surface area (Å²) in [5.41, 5.74) is 5.15. The molecule has 0 spiro atoms. The van der Waals surface area contributed by atoms with Gasteiger partial charge >= 0.3 is 0 Å². The lowest BCUT2D eigenvalue weighted by atomic mass is 9.97. The summed E-state index contributed by atoms with van der Waals surface area (Å²) < 4.78 is 1.92. The maximum Gasteiger partial charge on any atom is 0.256 e. The summed E-state index contributed by atoms with van der Waals surface area (Å²) in [7, 11) is 0. The molecule has 1 aliphatic heterocycles. The van der Waals surface area contributed by atoms with Crippen LogP contribution in [0.2, 0.25) is 0 Å². The van der Waals surface area contributed by atoms with E-state index in [1.807, 2.05) is 43.3 Å². The van der Waals surface area contributed by atoms with E-state index in [9.17, 15) is 9.59 Å². The summed E-state index contributed by atoms with van der Waals surface area (Å²) >= 11 is 7.09. The number of amides is 1. The van der Waals surface area contributed by atoms with Gasteiger partial charge in [-0.05, 0) is 54.5 Å². The van der Waals surface area contributed by atoms with Crippen LogP contribution in [-0.4, -0.2) is 11.7 Å². The largest absolute Gasteiger partial charge is 0.321 e. The third kappa shape index (κ3) is 3.48. The first-order chi connectivity index (χ1) is 13.4. The van der Waals surface area contributed by atoms with Crippen LogP contribution in [0.15, 0.2) is 69.6 Å². The minimum absolute atomic E-state index is 0.0667. The van der Waals surface area contributed by atoms with Crippen molar-refractivity contribution in [3.8, 4) is 0 Å². The molecule has 0 radical (unpaired) electrons. The Balaban J connectivity index is 1.77. The van der Waals surface area contributed by atoms with Crippen LogP contribution in [0.3, 0.4) is 0 Å². The Morgan fingerprint density at radius 2 is 1.61 bits per heavy atom. The van der Waals surface area contributed by atoms with Crippen LogP contribution >= 0.6 is 31.9 Å². The second-order valence-corrected chi connectivity index (χ2v) is 8.29. The Hall–Kier alpha value is -2.50. The Morgan fingerprint density at radius 1 is 0.929 bits per heavy atom. The fourth-order valence-corrected chi connectivity index (χ4v) is 4.37. The van der Waals surface area contributed by atoms with E-state index < -0.39 is 0 Å². The number of carbonyl (C=O) groups is 2. The van der Waals surface area contributed by atoms with Crippen molar-refractivity contribution < 1.29 is 9.59 Å². The van der Waals surface area contributed by atoms with E-state index in [2.05, 4.69) is 37.2 Å². The summed E-state index contributed by atoms with van der Waals surface area (Å²) in [5.74, 6) is -0.241. The highest BCUT2D eigenvalue weighted by atomic mass is 79.9. The van der Waals surface area contributed by atoms with Crippen molar-refractivity contribution in [3.63, 3.8) is 0 Å². The number of anilines is 1. The predicted molar refractivity (Wildman–Crippen MR) is 119 cm³/mol. The normalized spacial score (nSPS) is 14.1. The van der Waals surface area contributed by atoms with Gasteiger partial charge < -0.3 is 5.32 Å². The van der Waals surface area contributed by atoms with Crippen molar-refractivity contribution in [1.29, 1.82) is 0 Å². The molecule has 5 heteroatoms. The molecule has 3 aromatic rings. The van der Waals surface area contributed by atoms with Crippen molar-refractivity contribution in [2.75, 3.05) is 5.32 Å². The molecule has 0 aromatic heterocycles. The molecule has 3 nitrogen and oxygen atoms in total. The molecule has 28 heavy (non-hydrogen) atoms. The van der Waals surface area contributed by atoms with E-state index >= 15 is 0 Å². The Morgan fingerprint density at radius 3 is 2.29 bits per heavy atom. The third-order valence-electron chi connectivity index (χ3n) is 4.72. The molecular formula is C23H15Br2NO2. The van der Waals surface area contributed by atoms with E-state index in [0.717, 1.165) is 25.6 Å². The third-order valence-corrected chi connectivity index (χ3v) is 6.36. The zero-order valence-corrected chi connectivity index (χ0v) is 18.1. The first kappa shape index (κ1) is 18.8. The number of carbonyl (C=O) groups excluding carboxylic acids is 2. The molecule has 0 aliphatic carbocycles. The van der Waals surface area contributed by atoms with Gasteiger partial charge in [-0.2, -0.15) is 0 Å². The van der Waals surface area contributed by atoms with Crippen molar-refractivity contribution >= 4 is 60.9 Å². The molecular weight excluding hydrogens is 482 g/mol. The first-order valence-electron chi connectivity index (χ1n) is 8.67. The molecule has 0 unspecified atom stereocenters. The molecule has 3 aromatic carbocycles. The van der Waals surface area contributed by atoms with Gasteiger partial charge in [0.2, 0.25) is 0 Å². The second kappa shape index (κ2) is 7.49. The van der Waals surface area contributed by atoms with E-state index in [0.29, 0.717) is 22.4 Å². The highest BCUT2D eigenvalue weighted by molar-refractivity contribution is 9.11. The summed E-state index contributed by atoms with van der Waals surface area (Å²) in [6, 6.07) is 18.4. The molecule has 0 saturated heterocycles. The van der Waals surface area contributed by atoms with Gasteiger partial charge in [0.25, 0.3) is 5.91 Å². The van der Waals surface area contributed by atoms with Crippen molar-refractivity contribution in [2.45, 2.75) is 6.92 Å². The fraction of sp³-hybridized carbons (Fsp3) is 0.0435. The molecule has 0 saturated carbocycles. The van der Waals surface area contributed by atoms with Gasteiger partial charge in [0.15, 0.2) is 5.78 Å². The maximum atomic E-state index is 12.8. The number of benzene rings is 3. The minimum Gasteiger partial charge on any atom is -0.321 e. The van der Waals surface area contributed by atoms with Crippen LogP contribution in [0.25, 0.3) is 11.6 Å². The van der Waals surface area contributed by atoms with Gasteiger partial charge in [-0.3, -0.25) is 9.59 Å². The molecule has 0 bridgehead atoms.